The molecular weight excluding hydrogens is 222 g/mol. The molecule has 0 aliphatic carbocycles. The fourth-order valence-electron chi connectivity index (χ4n) is 1.92. The zero-order chi connectivity index (χ0) is 12.3. The molecule has 0 unspecified atom stereocenters. The van der Waals surface area contributed by atoms with Gasteiger partial charge in [0.25, 0.3) is 0 Å². The molecule has 1 fully saturated rings. The SMILES string of the molecule is O=C(O)[C@H]1CCCN1C(=O)C=Cc1ccco1. The Kier molecular flexibility index (Phi) is 3.27. The van der Waals surface area contributed by atoms with Crippen molar-refractivity contribution in [3.05, 3.63) is 30.2 Å². The van der Waals surface area contributed by atoms with E-state index in [2.05, 4.69) is 0 Å². The summed E-state index contributed by atoms with van der Waals surface area (Å²) in [6, 6.07) is 2.76. The third-order valence-corrected chi connectivity index (χ3v) is 2.75. The van der Waals surface area contributed by atoms with Gasteiger partial charge in [-0.05, 0) is 31.1 Å². The van der Waals surface area contributed by atoms with Gasteiger partial charge in [0.1, 0.15) is 11.8 Å². The van der Waals surface area contributed by atoms with Gasteiger partial charge in [0.2, 0.25) is 5.91 Å². The Balaban J connectivity index is 2.02. The predicted octanol–water partition coefficient (Wildman–Crippen LogP) is 1.37. The van der Waals surface area contributed by atoms with E-state index < -0.39 is 12.0 Å². The van der Waals surface area contributed by atoms with Crippen LogP contribution in [0, 0.1) is 0 Å². The van der Waals surface area contributed by atoms with Crippen LogP contribution in [0.1, 0.15) is 18.6 Å². The van der Waals surface area contributed by atoms with E-state index in [4.69, 9.17) is 9.52 Å². The van der Waals surface area contributed by atoms with Crippen molar-refractivity contribution in [2.75, 3.05) is 6.54 Å². The van der Waals surface area contributed by atoms with Gasteiger partial charge < -0.3 is 14.4 Å². The van der Waals surface area contributed by atoms with Crippen molar-refractivity contribution in [3.8, 4) is 0 Å². The van der Waals surface area contributed by atoms with Crippen LogP contribution in [0.5, 0.6) is 0 Å². The van der Waals surface area contributed by atoms with Crippen molar-refractivity contribution in [2.24, 2.45) is 0 Å². The summed E-state index contributed by atoms with van der Waals surface area (Å²) < 4.78 is 5.05. The maximum atomic E-state index is 11.8. The van der Waals surface area contributed by atoms with Crippen LogP contribution in [0.2, 0.25) is 0 Å². The molecule has 1 aromatic heterocycles. The summed E-state index contributed by atoms with van der Waals surface area (Å²) in [4.78, 5) is 24.1. The molecule has 0 bridgehead atoms. The van der Waals surface area contributed by atoms with E-state index in [-0.39, 0.29) is 5.91 Å². The third-order valence-electron chi connectivity index (χ3n) is 2.75. The first-order valence-corrected chi connectivity index (χ1v) is 5.43. The van der Waals surface area contributed by atoms with Crippen LogP contribution in [-0.2, 0) is 9.59 Å². The molecule has 2 heterocycles. The lowest BCUT2D eigenvalue weighted by atomic mass is 10.2. The Morgan fingerprint density at radius 3 is 3.00 bits per heavy atom. The van der Waals surface area contributed by atoms with Crippen molar-refractivity contribution >= 4 is 18.0 Å². The zero-order valence-electron chi connectivity index (χ0n) is 9.20. The first kappa shape index (κ1) is 11.4. The van der Waals surface area contributed by atoms with Crippen LogP contribution < -0.4 is 0 Å². The number of likely N-dealkylation sites (tertiary alicyclic amines) is 1. The molecule has 1 N–H and O–H groups in total. The number of carboxylic acids is 1. The molecular formula is C12H13NO4. The van der Waals surface area contributed by atoms with Crippen LogP contribution >= 0.6 is 0 Å². The minimum Gasteiger partial charge on any atom is -0.480 e. The minimum atomic E-state index is -0.942. The minimum absolute atomic E-state index is 0.286. The predicted molar refractivity (Wildman–Crippen MR) is 60.1 cm³/mol. The maximum absolute atomic E-state index is 11.8. The lowest BCUT2D eigenvalue weighted by Gasteiger charge is -2.19. The van der Waals surface area contributed by atoms with E-state index in [1.807, 2.05) is 0 Å². The van der Waals surface area contributed by atoms with Gasteiger partial charge in [0, 0.05) is 12.6 Å². The van der Waals surface area contributed by atoms with Gasteiger partial charge in [-0.25, -0.2) is 4.79 Å². The number of aliphatic carboxylic acids is 1. The van der Waals surface area contributed by atoms with Crippen molar-refractivity contribution in [2.45, 2.75) is 18.9 Å². The summed E-state index contributed by atoms with van der Waals surface area (Å²) in [7, 11) is 0. The van der Waals surface area contributed by atoms with Crippen molar-refractivity contribution in [1.29, 1.82) is 0 Å². The fraction of sp³-hybridized carbons (Fsp3) is 0.333. The molecule has 1 aliphatic heterocycles. The number of hydrogen-bond donors (Lipinski definition) is 1. The molecule has 1 amide bonds. The second-order valence-corrected chi connectivity index (χ2v) is 3.88. The number of carboxylic acid groups (broad SMARTS) is 1. The highest BCUT2D eigenvalue weighted by Crippen LogP contribution is 2.18. The number of rotatable bonds is 3. The lowest BCUT2D eigenvalue weighted by molar-refractivity contribution is -0.146. The summed E-state index contributed by atoms with van der Waals surface area (Å²) >= 11 is 0. The molecule has 1 saturated heterocycles. The third kappa shape index (κ3) is 2.55. The second kappa shape index (κ2) is 4.86. The van der Waals surface area contributed by atoms with Crippen LogP contribution in [0.4, 0.5) is 0 Å². The molecule has 90 valence electrons. The average Bonchev–Trinajstić information content (AvgIpc) is 2.96. The fourth-order valence-corrected chi connectivity index (χ4v) is 1.92. The van der Waals surface area contributed by atoms with Crippen molar-refractivity contribution in [1.82, 2.24) is 4.90 Å². The Hall–Kier alpha value is -2.04. The summed E-state index contributed by atoms with van der Waals surface area (Å²) in [5, 5.41) is 8.95. The molecule has 1 atom stereocenters. The topological polar surface area (TPSA) is 70.8 Å². The molecule has 17 heavy (non-hydrogen) atoms. The number of carbonyl (C=O) groups excluding carboxylic acids is 1. The molecule has 1 aromatic rings. The summed E-state index contributed by atoms with van der Waals surface area (Å²) in [5.74, 6) is -0.655. The summed E-state index contributed by atoms with van der Waals surface area (Å²) in [6.45, 7) is 0.498. The first-order chi connectivity index (χ1) is 8.18. The van der Waals surface area contributed by atoms with E-state index in [9.17, 15) is 9.59 Å². The number of hydrogen-bond acceptors (Lipinski definition) is 3. The Labute approximate surface area is 98.3 Å². The number of amides is 1. The molecule has 5 heteroatoms. The van der Waals surface area contributed by atoms with Gasteiger partial charge in [0.15, 0.2) is 0 Å². The number of furan rings is 1. The molecule has 0 aromatic carbocycles. The molecule has 0 radical (unpaired) electrons. The average molecular weight is 235 g/mol. The van der Waals surface area contributed by atoms with Gasteiger partial charge in [-0.3, -0.25) is 4.79 Å². The summed E-state index contributed by atoms with van der Waals surface area (Å²) in [5.41, 5.74) is 0. The van der Waals surface area contributed by atoms with Gasteiger partial charge in [0.05, 0.1) is 6.26 Å². The zero-order valence-corrected chi connectivity index (χ0v) is 9.20. The van der Waals surface area contributed by atoms with Crippen LogP contribution in [0.25, 0.3) is 6.08 Å². The van der Waals surface area contributed by atoms with Crippen LogP contribution in [0.15, 0.2) is 28.9 Å². The van der Waals surface area contributed by atoms with Crippen LogP contribution in [-0.4, -0.2) is 34.5 Å². The normalized spacial score (nSPS) is 20.0. The molecule has 5 nitrogen and oxygen atoms in total. The van der Waals surface area contributed by atoms with E-state index in [1.165, 1.54) is 17.2 Å². The van der Waals surface area contributed by atoms with Gasteiger partial charge in [-0.2, -0.15) is 0 Å². The van der Waals surface area contributed by atoms with Gasteiger partial charge in [-0.1, -0.05) is 0 Å². The molecule has 1 aliphatic rings. The smallest absolute Gasteiger partial charge is 0.326 e. The second-order valence-electron chi connectivity index (χ2n) is 3.88. The quantitative estimate of drug-likeness (QED) is 0.803. The maximum Gasteiger partial charge on any atom is 0.326 e. The van der Waals surface area contributed by atoms with Crippen molar-refractivity contribution < 1.29 is 19.1 Å². The van der Waals surface area contributed by atoms with Gasteiger partial charge >= 0.3 is 5.97 Å². The van der Waals surface area contributed by atoms with E-state index in [1.54, 1.807) is 18.2 Å². The lowest BCUT2D eigenvalue weighted by Crippen LogP contribution is -2.39. The van der Waals surface area contributed by atoms with Gasteiger partial charge in [-0.15, -0.1) is 0 Å². The monoisotopic (exact) mass is 235 g/mol. The highest BCUT2D eigenvalue weighted by molar-refractivity contribution is 5.94. The highest BCUT2D eigenvalue weighted by Gasteiger charge is 2.32. The molecule has 0 spiro atoms. The van der Waals surface area contributed by atoms with E-state index in [0.29, 0.717) is 18.7 Å². The van der Waals surface area contributed by atoms with E-state index >= 15 is 0 Å². The number of carbonyl (C=O) groups is 2. The van der Waals surface area contributed by atoms with Crippen molar-refractivity contribution in [3.63, 3.8) is 0 Å². The molecule has 0 saturated carbocycles. The Morgan fingerprint density at radius 1 is 1.53 bits per heavy atom. The standard InChI is InChI=1S/C12H13NO4/c14-11(6-5-9-3-2-8-17-9)13-7-1-4-10(13)12(15)16/h2-3,5-6,8,10H,1,4,7H2,(H,15,16)/t10-/m1/s1. The number of nitrogens with zero attached hydrogens (tertiary/aromatic N) is 1. The summed E-state index contributed by atoms with van der Waals surface area (Å²) in [6.07, 6.45) is 5.66. The highest BCUT2D eigenvalue weighted by atomic mass is 16.4. The Morgan fingerprint density at radius 2 is 2.35 bits per heavy atom. The Bertz CT molecular complexity index is 435. The first-order valence-electron chi connectivity index (χ1n) is 5.43. The largest absolute Gasteiger partial charge is 0.480 e. The molecule has 2 rings (SSSR count). The van der Waals surface area contributed by atoms with Crippen LogP contribution in [0.3, 0.4) is 0 Å². The van der Waals surface area contributed by atoms with E-state index in [0.717, 1.165) is 6.42 Å².